The molecule has 1 aromatic carbocycles. The summed E-state index contributed by atoms with van der Waals surface area (Å²) in [5.74, 6) is 0. The Kier molecular flexibility index (Phi) is 3.58. The van der Waals surface area contributed by atoms with Gasteiger partial charge in [0.15, 0.2) is 0 Å². The number of hydrogen-bond acceptors (Lipinski definition) is 4. The van der Waals surface area contributed by atoms with E-state index in [1.54, 1.807) is 28.6 Å². The maximum Gasteiger partial charge on any atom is 0.243 e. The molecule has 0 aliphatic carbocycles. The van der Waals surface area contributed by atoms with Crippen molar-refractivity contribution in [3.05, 3.63) is 30.3 Å². The van der Waals surface area contributed by atoms with E-state index in [1.807, 2.05) is 6.07 Å². The molecule has 3 rings (SSSR count). The Morgan fingerprint density at radius 1 is 1.05 bits per heavy atom. The molecule has 6 heteroatoms. The lowest BCUT2D eigenvalue weighted by Crippen LogP contribution is -2.63. The SMILES string of the molecule is O=S(=O)(c1ccccc1)N1CC(N2CCNCC2)C1. The van der Waals surface area contributed by atoms with E-state index in [4.69, 9.17) is 0 Å². The third-order valence-corrected chi connectivity index (χ3v) is 5.72. The number of sulfonamides is 1. The predicted octanol–water partition coefficient (Wildman–Crippen LogP) is -0.0353. The van der Waals surface area contributed by atoms with Gasteiger partial charge in [-0.2, -0.15) is 4.31 Å². The molecule has 2 aliphatic rings. The minimum atomic E-state index is -3.28. The highest BCUT2D eigenvalue weighted by molar-refractivity contribution is 7.89. The molecule has 2 saturated heterocycles. The van der Waals surface area contributed by atoms with Gasteiger partial charge in [-0.15, -0.1) is 0 Å². The highest BCUT2D eigenvalue weighted by Crippen LogP contribution is 2.24. The van der Waals surface area contributed by atoms with E-state index in [1.165, 1.54) is 0 Å². The summed E-state index contributed by atoms with van der Waals surface area (Å²) < 4.78 is 26.3. The molecule has 1 N–H and O–H groups in total. The van der Waals surface area contributed by atoms with E-state index in [-0.39, 0.29) is 0 Å². The van der Waals surface area contributed by atoms with Crippen molar-refractivity contribution < 1.29 is 8.42 Å². The second kappa shape index (κ2) is 5.20. The molecule has 0 atom stereocenters. The van der Waals surface area contributed by atoms with Gasteiger partial charge in [0.1, 0.15) is 0 Å². The fraction of sp³-hybridized carbons (Fsp3) is 0.538. The number of hydrogen-bond donors (Lipinski definition) is 1. The second-order valence-electron chi connectivity index (χ2n) is 5.07. The molecular weight excluding hydrogens is 262 g/mol. The normalized spacial score (nSPS) is 23.2. The molecule has 0 radical (unpaired) electrons. The molecule has 2 heterocycles. The summed E-state index contributed by atoms with van der Waals surface area (Å²) in [6.07, 6.45) is 0. The van der Waals surface area contributed by atoms with Crippen molar-refractivity contribution in [2.45, 2.75) is 10.9 Å². The van der Waals surface area contributed by atoms with E-state index in [0.717, 1.165) is 26.2 Å². The van der Waals surface area contributed by atoms with Gasteiger partial charge in [-0.05, 0) is 12.1 Å². The smallest absolute Gasteiger partial charge is 0.243 e. The van der Waals surface area contributed by atoms with Crippen molar-refractivity contribution in [3.8, 4) is 0 Å². The predicted molar refractivity (Wildman–Crippen MR) is 73.4 cm³/mol. The minimum Gasteiger partial charge on any atom is -0.314 e. The van der Waals surface area contributed by atoms with Crippen LogP contribution >= 0.6 is 0 Å². The van der Waals surface area contributed by atoms with Gasteiger partial charge < -0.3 is 5.32 Å². The van der Waals surface area contributed by atoms with Crippen LogP contribution in [0.3, 0.4) is 0 Å². The monoisotopic (exact) mass is 281 g/mol. The highest BCUT2D eigenvalue weighted by atomic mass is 32.2. The minimum absolute atomic E-state index is 0.389. The lowest BCUT2D eigenvalue weighted by atomic mass is 10.1. The van der Waals surface area contributed by atoms with Gasteiger partial charge in [0.25, 0.3) is 0 Å². The van der Waals surface area contributed by atoms with Crippen molar-refractivity contribution in [3.63, 3.8) is 0 Å². The van der Waals surface area contributed by atoms with Crippen molar-refractivity contribution in [1.82, 2.24) is 14.5 Å². The Bertz CT molecular complexity index is 520. The lowest BCUT2D eigenvalue weighted by molar-refractivity contribution is 0.0773. The molecule has 0 unspecified atom stereocenters. The van der Waals surface area contributed by atoms with E-state index >= 15 is 0 Å². The standard InChI is InChI=1S/C13H19N3O2S/c17-19(18,13-4-2-1-3-5-13)16-10-12(11-16)15-8-6-14-7-9-15/h1-5,12,14H,6-11H2. The molecule has 0 bridgehead atoms. The summed E-state index contributed by atoms with van der Waals surface area (Å²) in [6, 6.07) is 9.07. The quantitative estimate of drug-likeness (QED) is 0.845. The number of nitrogens with one attached hydrogen (secondary N) is 1. The molecule has 2 aliphatic heterocycles. The first-order valence-electron chi connectivity index (χ1n) is 6.68. The maximum absolute atomic E-state index is 12.3. The van der Waals surface area contributed by atoms with Crippen LogP contribution in [-0.4, -0.2) is 62.9 Å². The van der Waals surface area contributed by atoms with Crippen molar-refractivity contribution in [1.29, 1.82) is 0 Å². The number of benzene rings is 1. The van der Waals surface area contributed by atoms with Crippen molar-refractivity contribution in [2.75, 3.05) is 39.3 Å². The van der Waals surface area contributed by atoms with Crippen LogP contribution in [0.25, 0.3) is 0 Å². The van der Waals surface area contributed by atoms with Gasteiger partial charge in [0.05, 0.1) is 4.90 Å². The zero-order valence-electron chi connectivity index (χ0n) is 10.8. The Morgan fingerprint density at radius 2 is 1.68 bits per heavy atom. The molecule has 0 saturated carbocycles. The molecule has 1 aromatic rings. The molecule has 104 valence electrons. The molecule has 5 nitrogen and oxygen atoms in total. The van der Waals surface area contributed by atoms with Gasteiger partial charge in [-0.25, -0.2) is 8.42 Å². The third-order valence-electron chi connectivity index (χ3n) is 3.88. The van der Waals surface area contributed by atoms with Crippen LogP contribution in [0.4, 0.5) is 0 Å². The number of nitrogens with zero attached hydrogens (tertiary/aromatic N) is 2. The summed E-state index contributed by atoms with van der Waals surface area (Å²) in [7, 11) is -3.28. The number of rotatable bonds is 3. The first-order valence-corrected chi connectivity index (χ1v) is 8.12. The average Bonchev–Trinajstić information content (AvgIpc) is 2.39. The van der Waals surface area contributed by atoms with E-state index < -0.39 is 10.0 Å². The van der Waals surface area contributed by atoms with Gasteiger partial charge >= 0.3 is 0 Å². The summed E-state index contributed by atoms with van der Waals surface area (Å²) >= 11 is 0. The Hall–Kier alpha value is -0.950. The van der Waals surface area contributed by atoms with Gasteiger partial charge in [-0.3, -0.25) is 4.90 Å². The van der Waals surface area contributed by atoms with E-state index in [2.05, 4.69) is 10.2 Å². The molecule has 0 spiro atoms. The van der Waals surface area contributed by atoms with Crippen molar-refractivity contribution >= 4 is 10.0 Å². The highest BCUT2D eigenvalue weighted by Gasteiger charge is 2.39. The van der Waals surface area contributed by atoms with Crippen LogP contribution in [0, 0.1) is 0 Å². The van der Waals surface area contributed by atoms with Crippen molar-refractivity contribution in [2.24, 2.45) is 0 Å². The maximum atomic E-state index is 12.3. The van der Waals surface area contributed by atoms with Crippen LogP contribution in [0.5, 0.6) is 0 Å². The molecule has 2 fully saturated rings. The molecular formula is C13H19N3O2S. The van der Waals surface area contributed by atoms with Crippen LogP contribution in [0.15, 0.2) is 35.2 Å². The van der Waals surface area contributed by atoms with Crippen LogP contribution in [0.1, 0.15) is 0 Å². The number of piperazine rings is 1. The largest absolute Gasteiger partial charge is 0.314 e. The lowest BCUT2D eigenvalue weighted by Gasteiger charge is -2.45. The molecule has 19 heavy (non-hydrogen) atoms. The fourth-order valence-corrected chi connectivity index (χ4v) is 4.17. The molecule has 0 amide bonds. The van der Waals surface area contributed by atoms with Gasteiger partial charge in [0.2, 0.25) is 10.0 Å². The topological polar surface area (TPSA) is 52.7 Å². The van der Waals surface area contributed by atoms with Crippen LogP contribution < -0.4 is 5.32 Å². The van der Waals surface area contributed by atoms with E-state index in [9.17, 15) is 8.42 Å². The Morgan fingerprint density at radius 3 is 2.32 bits per heavy atom. The second-order valence-corrected chi connectivity index (χ2v) is 7.01. The Balaban J connectivity index is 1.64. The first kappa shape index (κ1) is 13.1. The average molecular weight is 281 g/mol. The summed E-state index contributed by atoms with van der Waals surface area (Å²) in [6.45, 7) is 5.28. The van der Waals surface area contributed by atoms with Crippen LogP contribution in [-0.2, 0) is 10.0 Å². The molecule has 0 aromatic heterocycles. The summed E-state index contributed by atoms with van der Waals surface area (Å²) in [5, 5.41) is 3.31. The Labute approximate surface area is 114 Å². The van der Waals surface area contributed by atoms with Gasteiger partial charge in [-0.1, -0.05) is 18.2 Å². The van der Waals surface area contributed by atoms with E-state index in [0.29, 0.717) is 24.0 Å². The zero-order chi connectivity index (χ0) is 13.3. The van der Waals surface area contributed by atoms with Crippen LogP contribution in [0.2, 0.25) is 0 Å². The summed E-state index contributed by atoms with van der Waals surface area (Å²) in [5.41, 5.74) is 0. The zero-order valence-corrected chi connectivity index (χ0v) is 11.6. The first-order chi connectivity index (χ1) is 9.18. The van der Waals surface area contributed by atoms with Gasteiger partial charge in [0, 0.05) is 45.3 Å². The summed E-state index contributed by atoms with van der Waals surface area (Å²) in [4.78, 5) is 2.78. The third kappa shape index (κ3) is 2.53. The fourth-order valence-electron chi connectivity index (χ4n) is 2.63.